The first-order valence-electron chi connectivity index (χ1n) is 8.58. The van der Waals surface area contributed by atoms with Crippen molar-refractivity contribution in [1.82, 2.24) is 9.78 Å². The molecule has 10 heteroatoms. The van der Waals surface area contributed by atoms with Gasteiger partial charge in [0.15, 0.2) is 6.61 Å². The Morgan fingerprint density at radius 3 is 2.61 bits per heavy atom. The van der Waals surface area contributed by atoms with E-state index in [-0.39, 0.29) is 17.8 Å². The Kier molecular flexibility index (Phi) is 6.69. The minimum absolute atomic E-state index is 0.00606. The predicted octanol–water partition coefficient (Wildman–Crippen LogP) is 2.07. The third-order valence-electron chi connectivity index (χ3n) is 4.10. The van der Waals surface area contributed by atoms with Gasteiger partial charge >= 0.3 is 5.97 Å². The fourth-order valence-electron chi connectivity index (χ4n) is 2.63. The lowest BCUT2D eigenvalue weighted by Gasteiger charge is -2.09. The van der Waals surface area contributed by atoms with Gasteiger partial charge in [-0.25, -0.2) is 0 Å². The van der Waals surface area contributed by atoms with Gasteiger partial charge in [-0.1, -0.05) is 0 Å². The van der Waals surface area contributed by atoms with Gasteiger partial charge < -0.3 is 14.8 Å². The van der Waals surface area contributed by atoms with Crippen LogP contribution < -0.4 is 10.1 Å². The molecule has 1 heterocycles. The van der Waals surface area contributed by atoms with Crippen LogP contribution >= 0.6 is 0 Å². The average molecular weight is 390 g/mol. The number of carbonyl (C=O) groups is 2. The van der Waals surface area contributed by atoms with Gasteiger partial charge in [-0.15, -0.1) is 0 Å². The minimum atomic E-state index is -0.680. The second-order valence-corrected chi connectivity index (χ2v) is 6.03. The molecule has 28 heavy (non-hydrogen) atoms. The van der Waals surface area contributed by atoms with Gasteiger partial charge in [-0.05, 0) is 32.9 Å². The largest absolute Gasteiger partial charge is 0.494 e. The van der Waals surface area contributed by atoms with E-state index in [0.717, 1.165) is 11.3 Å². The molecule has 0 aliphatic heterocycles. The maximum absolute atomic E-state index is 12.0. The van der Waals surface area contributed by atoms with Crippen molar-refractivity contribution in [3.05, 3.63) is 45.3 Å². The van der Waals surface area contributed by atoms with E-state index < -0.39 is 23.4 Å². The molecular formula is C18H22N4O6. The zero-order valence-electron chi connectivity index (χ0n) is 16.1. The van der Waals surface area contributed by atoms with E-state index in [9.17, 15) is 19.7 Å². The summed E-state index contributed by atoms with van der Waals surface area (Å²) in [6.07, 6.45) is -0.0119. The topological polar surface area (TPSA) is 126 Å². The highest BCUT2D eigenvalue weighted by atomic mass is 16.6. The van der Waals surface area contributed by atoms with Crippen LogP contribution in [0.25, 0.3) is 0 Å². The van der Waals surface area contributed by atoms with Crippen molar-refractivity contribution in [3.8, 4) is 5.75 Å². The first-order valence-corrected chi connectivity index (χ1v) is 8.58. The van der Waals surface area contributed by atoms with Gasteiger partial charge in [-0.2, -0.15) is 5.10 Å². The molecule has 0 aliphatic rings. The summed E-state index contributed by atoms with van der Waals surface area (Å²) in [5.41, 5.74) is 1.98. The number of nitro groups is 1. The Balaban J connectivity index is 1.97. The Bertz CT molecular complexity index is 906. The summed E-state index contributed by atoms with van der Waals surface area (Å²) in [6.45, 7) is 5.17. The molecule has 0 bridgehead atoms. The number of ether oxygens (including phenoxy) is 2. The van der Waals surface area contributed by atoms with Crippen molar-refractivity contribution < 1.29 is 24.0 Å². The molecule has 2 aromatic rings. The molecule has 0 aliphatic carbocycles. The Hall–Kier alpha value is -3.43. The molecule has 150 valence electrons. The second kappa shape index (κ2) is 8.98. The number of carbonyl (C=O) groups excluding carboxylic acids is 2. The molecule has 0 fully saturated rings. The summed E-state index contributed by atoms with van der Waals surface area (Å²) < 4.78 is 11.9. The van der Waals surface area contributed by atoms with Crippen molar-refractivity contribution in [1.29, 1.82) is 0 Å². The van der Waals surface area contributed by atoms with Gasteiger partial charge in [0.05, 0.1) is 29.7 Å². The molecule has 0 saturated heterocycles. The lowest BCUT2D eigenvalue weighted by molar-refractivity contribution is -0.384. The second-order valence-electron chi connectivity index (χ2n) is 6.03. The van der Waals surface area contributed by atoms with E-state index in [4.69, 9.17) is 9.47 Å². The number of benzene rings is 1. The lowest BCUT2D eigenvalue weighted by Crippen LogP contribution is -2.22. The van der Waals surface area contributed by atoms with Crippen LogP contribution in [0, 0.1) is 24.0 Å². The van der Waals surface area contributed by atoms with Crippen molar-refractivity contribution in [3.63, 3.8) is 0 Å². The fourth-order valence-corrected chi connectivity index (χ4v) is 2.63. The molecule has 0 atom stereocenters. The third kappa shape index (κ3) is 5.06. The first kappa shape index (κ1) is 20.9. The standard InChI is InChI=1S/C18H22N4O6/c1-5-27-13-6-7-15(16(8-13)22(25)26)19-17(23)10-28-18(24)9-14-11(2)20-21(4)12(14)3/h6-8H,5,9-10H2,1-4H3,(H,19,23). The number of aryl methyl sites for hydroxylation is 2. The summed E-state index contributed by atoms with van der Waals surface area (Å²) in [6, 6.07) is 4.09. The zero-order chi connectivity index (χ0) is 20.8. The number of nitrogens with zero attached hydrogens (tertiary/aromatic N) is 3. The smallest absolute Gasteiger partial charge is 0.310 e. The van der Waals surface area contributed by atoms with Crippen molar-refractivity contribution in [2.45, 2.75) is 27.2 Å². The fraction of sp³-hybridized carbons (Fsp3) is 0.389. The number of esters is 1. The highest BCUT2D eigenvalue weighted by Gasteiger charge is 2.19. The average Bonchev–Trinajstić information content (AvgIpc) is 2.87. The molecule has 10 nitrogen and oxygen atoms in total. The SMILES string of the molecule is CCOc1ccc(NC(=O)COC(=O)Cc2c(C)nn(C)c2C)c([N+](=O)[O-])c1. The quantitative estimate of drug-likeness (QED) is 0.415. The number of rotatable bonds is 8. The first-order chi connectivity index (χ1) is 13.2. The molecule has 0 radical (unpaired) electrons. The number of nitrogens with one attached hydrogen (secondary N) is 1. The predicted molar refractivity (Wildman–Crippen MR) is 100 cm³/mol. The van der Waals surface area contributed by atoms with Gasteiger partial charge in [-0.3, -0.25) is 24.4 Å². The van der Waals surface area contributed by atoms with Gasteiger partial charge in [0, 0.05) is 18.3 Å². The summed E-state index contributed by atoms with van der Waals surface area (Å²) in [7, 11) is 1.77. The van der Waals surface area contributed by atoms with Crippen molar-refractivity contribution in [2.24, 2.45) is 7.05 Å². The molecule has 1 aromatic heterocycles. The Morgan fingerprint density at radius 1 is 1.32 bits per heavy atom. The highest BCUT2D eigenvalue weighted by molar-refractivity contribution is 5.95. The Morgan fingerprint density at radius 2 is 2.04 bits per heavy atom. The summed E-state index contributed by atoms with van der Waals surface area (Å²) in [5, 5.41) is 17.8. The molecule has 1 aromatic carbocycles. The maximum atomic E-state index is 12.0. The molecule has 0 unspecified atom stereocenters. The molecule has 0 saturated carbocycles. The number of aromatic nitrogens is 2. The van der Waals surface area contributed by atoms with E-state index in [1.165, 1.54) is 18.2 Å². The third-order valence-corrected chi connectivity index (χ3v) is 4.10. The van der Waals surface area contributed by atoms with Crippen LogP contribution in [0.5, 0.6) is 5.75 Å². The van der Waals surface area contributed by atoms with Crippen LogP contribution in [0.2, 0.25) is 0 Å². The normalized spacial score (nSPS) is 10.4. The number of hydrogen-bond acceptors (Lipinski definition) is 7. The van der Waals surface area contributed by atoms with Crippen LogP contribution in [0.15, 0.2) is 18.2 Å². The van der Waals surface area contributed by atoms with Crippen LogP contribution in [-0.4, -0.2) is 39.8 Å². The number of hydrogen-bond donors (Lipinski definition) is 1. The number of anilines is 1. The molecule has 1 amide bonds. The van der Waals surface area contributed by atoms with Gasteiger partial charge in [0.1, 0.15) is 11.4 Å². The van der Waals surface area contributed by atoms with Crippen LogP contribution in [0.4, 0.5) is 11.4 Å². The van der Waals surface area contributed by atoms with E-state index in [0.29, 0.717) is 18.1 Å². The summed E-state index contributed by atoms with van der Waals surface area (Å²) in [4.78, 5) is 34.6. The van der Waals surface area contributed by atoms with E-state index >= 15 is 0 Å². The zero-order valence-corrected chi connectivity index (χ0v) is 16.1. The van der Waals surface area contributed by atoms with Crippen LogP contribution in [0.1, 0.15) is 23.9 Å². The van der Waals surface area contributed by atoms with E-state index in [1.807, 2.05) is 6.92 Å². The maximum Gasteiger partial charge on any atom is 0.310 e. The highest BCUT2D eigenvalue weighted by Crippen LogP contribution is 2.29. The lowest BCUT2D eigenvalue weighted by atomic mass is 10.1. The number of nitro benzene ring substituents is 1. The van der Waals surface area contributed by atoms with Crippen LogP contribution in [0.3, 0.4) is 0 Å². The molecule has 1 N–H and O–H groups in total. The number of amides is 1. The van der Waals surface area contributed by atoms with Crippen LogP contribution in [-0.2, 0) is 27.8 Å². The summed E-state index contributed by atoms with van der Waals surface area (Å²) >= 11 is 0. The van der Waals surface area contributed by atoms with E-state index in [1.54, 1.807) is 25.6 Å². The molecular weight excluding hydrogens is 368 g/mol. The van der Waals surface area contributed by atoms with Crippen molar-refractivity contribution in [2.75, 3.05) is 18.5 Å². The molecule has 2 rings (SSSR count). The van der Waals surface area contributed by atoms with E-state index in [2.05, 4.69) is 10.4 Å². The van der Waals surface area contributed by atoms with Gasteiger partial charge in [0.25, 0.3) is 11.6 Å². The van der Waals surface area contributed by atoms with Gasteiger partial charge in [0.2, 0.25) is 0 Å². The summed E-state index contributed by atoms with van der Waals surface area (Å²) in [5.74, 6) is -0.948. The van der Waals surface area contributed by atoms with Crippen molar-refractivity contribution >= 4 is 23.3 Å². The molecule has 0 spiro atoms. The minimum Gasteiger partial charge on any atom is -0.494 e. The Labute approximate surface area is 161 Å². The monoisotopic (exact) mass is 390 g/mol.